The fraction of sp³-hybridized carbons (Fsp3) is 0.160. The van der Waals surface area contributed by atoms with E-state index in [1.807, 2.05) is 19.9 Å². The van der Waals surface area contributed by atoms with Gasteiger partial charge in [-0.2, -0.15) is 5.10 Å². The van der Waals surface area contributed by atoms with Gasteiger partial charge < -0.3 is 14.8 Å². The van der Waals surface area contributed by atoms with Crippen LogP contribution in [-0.4, -0.2) is 30.7 Å². The van der Waals surface area contributed by atoms with E-state index in [4.69, 9.17) is 16.0 Å². The zero-order valence-electron chi connectivity index (χ0n) is 19.0. The monoisotopic (exact) mass is 489 g/mol. The maximum absolute atomic E-state index is 13.4. The number of rotatable bonds is 5. The second-order valence-corrected chi connectivity index (χ2v) is 8.65. The van der Waals surface area contributed by atoms with Crippen molar-refractivity contribution >= 4 is 39.9 Å². The number of aromatic carboxylic acids is 1. The van der Waals surface area contributed by atoms with Crippen LogP contribution in [0.3, 0.4) is 0 Å². The van der Waals surface area contributed by atoms with Gasteiger partial charge in [0.25, 0.3) is 0 Å². The van der Waals surface area contributed by atoms with Gasteiger partial charge in [-0.1, -0.05) is 17.7 Å². The predicted molar refractivity (Wildman–Crippen MR) is 132 cm³/mol. The number of carboxylic acid groups (broad SMARTS) is 1. The lowest BCUT2D eigenvalue weighted by molar-refractivity contribution is 0.0691. The molecule has 35 heavy (non-hydrogen) atoms. The van der Waals surface area contributed by atoms with Gasteiger partial charge in [0, 0.05) is 23.5 Å². The third-order valence-electron chi connectivity index (χ3n) is 5.82. The highest BCUT2D eigenvalue weighted by Gasteiger charge is 2.22. The van der Waals surface area contributed by atoms with E-state index >= 15 is 0 Å². The Morgan fingerprint density at radius 1 is 1.26 bits per heavy atom. The van der Waals surface area contributed by atoms with E-state index in [0.29, 0.717) is 44.8 Å². The van der Waals surface area contributed by atoms with E-state index in [2.05, 4.69) is 20.4 Å². The molecule has 0 radical (unpaired) electrons. The number of anilines is 1. The molecule has 1 atom stereocenters. The number of benzene rings is 1. The van der Waals surface area contributed by atoms with Crippen molar-refractivity contribution in [2.24, 2.45) is 0 Å². The molecular formula is C25H20ClN5O4. The highest BCUT2D eigenvalue weighted by Crippen LogP contribution is 2.33. The summed E-state index contributed by atoms with van der Waals surface area (Å²) in [5.41, 5.74) is 3.51. The molecule has 176 valence electrons. The van der Waals surface area contributed by atoms with Crippen LogP contribution >= 0.6 is 11.6 Å². The lowest BCUT2D eigenvalue weighted by Gasteiger charge is -2.19. The van der Waals surface area contributed by atoms with Gasteiger partial charge in [-0.3, -0.25) is 4.79 Å². The van der Waals surface area contributed by atoms with Gasteiger partial charge in [0.15, 0.2) is 16.8 Å². The number of aryl methyl sites for hydroxylation is 1. The molecule has 0 bridgehead atoms. The Morgan fingerprint density at radius 3 is 2.83 bits per heavy atom. The SMILES string of the molecule is Cc1cc([C@@H](C)Nc2ccc(Cl)nc2C(=O)O)c2oc(-c3cnn4cccnc34)c(C)c(=O)c2c1. The normalized spacial score (nSPS) is 12.2. The number of pyridine rings is 1. The summed E-state index contributed by atoms with van der Waals surface area (Å²) in [6, 6.07) is 8.09. The molecule has 2 N–H and O–H groups in total. The second-order valence-electron chi connectivity index (χ2n) is 8.26. The zero-order valence-corrected chi connectivity index (χ0v) is 19.8. The van der Waals surface area contributed by atoms with Crippen LogP contribution in [0.25, 0.3) is 27.9 Å². The van der Waals surface area contributed by atoms with Gasteiger partial charge in [0.1, 0.15) is 16.5 Å². The van der Waals surface area contributed by atoms with Gasteiger partial charge in [-0.15, -0.1) is 0 Å². The average molecular weight is 490 g/mol. The summed E-state index contributed by atoms with van der Waals surface area (Å²) in [7, 11) is 0. The summed E-state index contributed by atoms with van der Waals surface area (Å²) in [5, 5.41) is 17.6. The first-order valence-electron chi connectivity index (χ1n) is 10.8. The minimum Gasteiger partial charge on any atom is -0.476 e. The van der Waals surface area contributed by atoms with Gasteiger partial charge in [-0.25, -0.2) is 19.3 Å². The van der Waals surface area contributed by atoms with Crippen LogP contribution in [0.1, 0.15) is 40.1 Å². The molecule has 5 aromatic rings. The molecule has 0 spiro atoms. The number of halogens is 1. The van der Waals surface area contributed by atoms with Crippen molar-refractivity contribution in [1.82, 2.24) is 19.6 Å². The predicted octanol–water partition coefficient (Wildman–Crippen LogP) is 5.04. The topological polar surface area (TPSA) is 123 Å². The van der Waals surface area contributed by atoms with Crippen LogP contribution in [-0.2, 0) is 0 Å². The standard InChI is InChI=1S/C25H20ClN5O4/c1-12-9-15(14(3)29-18-5-6-19(26)30-20(18)25(33)34)23-16(10-12)21(32)13(2)22(35-23)17-11-28-31-8-4-7-27-24(17)31/h4-11,14,29H,1-3H3,(H,33,34)/t14-/m1/s1. The lowest BCUT2D eigenvalue weighted by atomic mass is 9.99. The zero-order chi connectivity index (χ0) is 24.9. The quantitative estimate of drug-likeness (QED) is 0.329. The summed E-state index contributed by atoms with van der Waals surface area (Å²) in [5.74, 6) is -0.825. The third kappa shape index (κ3) is 3.89. The van der Waals surface area contributed by atoms with Crippen LogP contribution in [0.2, 0.25) is 5.15 Å². The van der Waals surface area contributed by atoms with E-state index in [0.717, 1.165) is 5.56 Å². The van der Waals surface area contributed by atoms with Crippen molar-refractivity contribution in [3.05, 3.63) is 86.7 Å². The van der Waals surface area contributed by atoms with Crippen molar-refractivity contribution in [2.75, 3.05) is 5.32 Å². The molecule has 0 saturated carbocycles. The summed E-state index contributed by atoms with van der Waals surface area (Å²) < 4.78 is 7.99. The number of carboxylic acids is 1. The average Bonchev–Trinajstić information content (AvgIpc) is 3.26. The molecule has 5 rings (SSSR count). The largest absolute Gasteiger partial charge is 0.476 e. The smallest absolute Gasteiger partial charge is 0.356 e. The summed E-state index contributed by atoms with van der Waals surface area (Å²) in [4.78, 5) is 33.4. The minimum atomic E-state index is -1.21. The minimum absolute atomic E-state index is 0.0785. The van der Waals surface area contributed by atoms with E-state index in [1.54, 1.807) is 48.2 Å². The molecule has 0 aliphatic heterocycles. The first-order chi connectivity index (χ1) is 16.7. The molecule has 0 saturated heterocycles. The highest BCUT2D eigenvalue weighted by molar-refractivity contribution is 6.29. The molecule has 0 amide bonds. The molecule has 10 heteroatoms. The number of nitrogens with zero attached hydrogens (tertiary/aromatic N) is 4. The Balaban J connectivity index is 1.69. The van der Waals surface area contributed by atoms with Crippen molar-refractivity contribution < 1.29 is 14.3 Å². The van der Waals surface area contributed by atoms with Crippen molar-refractivity contribution in [1.29, 1.82) is 0 Å². The van der Waals surface area contributed by atoms with Gasteiger partial charge >= 0.3 is 5.97 Å². The van der Waals surface area contributed by atoms with Crippen LogP contribution in [0.5, 0.6) is 0 Å². The summed E-state index contributed by atoms with van der Waals surface area (Å²) in [6.07, 6.45) is 5.03. The maximum atomic E-state index is 13.4. The first kappa shape index (κ1) is 22.5. The summed E-state index contributed by atoms with van der Waals surface area (Å²) >= 11 is 5.89. The Kier molecular flexibility index (Phi) is 5.49. The molecule has 4 heterocycles. The van der Waals surface area contributed by atoms with Crippen molar-refractivity contribution in [3.8, 4) is 11.3 Å². The Morgan fingerprint density at radius 2 is 2.06 bits per heavy atom. The number of fused-ring (bicyclic) bond motifs is 2. The Labute approximate surface area is 204 Å². The number of aromatic nitrogens is 4. The van der Waals surface area contributed by atoms with E-state index in [1.165, 1.54) is 6.07 Å². The van der Waals surface area contributed by atoms with Gasteiger partial charge in [0.05, 0.1) is 28.9 Å². The van der Waals surface area contributed by atoms with Crippen LogP contribution < -0.4 is 10.7 Å². The molecule has 0 aliphatic carbocycles. The van der Waals surface area contributed by atoms with Crippen LogP contribution in [0.15, 0.2) is 58.1 Å². The van der Waals surface area contributed by atoms with Crippen LogP contribution in [0.4, 0.5) is 5.69 Å². The van der Waals surface area contributed by atoms with Gasteiger partial charge in [-0.05, 0) is 50.6 Å². The maximum Gasteiger partial charge on any atom is 0.356 e. The van der Waals surface area contributed by atoms with Crippen molar-refractivity contribution in [2.45, 2.75) is 26.8 Å². The van der Waals surface area contributed by atoms with E-state index in [9.17, 15) is 14.7 Å². The molecular weight excluding hydrogens is 470 g/mol. The second kappa shape index (κ2) is 8.52. The third-order valence-corrected chi connectivity index (χ3v) is 6.03. The molecule has 9 nitrogen and oxygen atoms in total. The number of hydrogen-bond acceptors (Lipinski definition) is 7. The molecule has 4 aromatic heterocycles. The molecule has 0 fully saturated rings. The van der Waals surface area contributed by atoms with E-state index < -0.39 is 12.0 Å². The molecule has 1 aromatic carbocycles. The lowest BCUT2D eigenvalue weighted by Crippen LogP contribution is -2.14. The number of carbonyl (C=O) groups is 1. The number of hydrogen-bond donors (Lipinski definition) is 2. The van der Waals surface area contributed by atoms with Gasteiger partial charge in [0.2, 0.25) is 0 Å². The fourth-order valence-electron chi connectivity index (χ4n) is 4.16. The molecule has 0 aliphatic rings. The highest BCUT2D eigenvalue weighted by atomic mass is 35.5. The Bertz CT molecular complexity index is 1690. The van der Waals surface area contributed by atoms with Crippen LogP contribution in [0, 0.1) is 13.8 Å². The van der Waals surface area contributed by atoms with Crippen molar-refractivity contribution in [3.63, 3.8) is 0 Å². The molecule has 0 unspecified atom stereocenters. The first-order valence-corrected chi connectivity index (χ1v) is 11.2. The fourth-order valence-corrected chi connectivity index (χ4v) is 4.31. The summed E-state index contributed by atoms with van der Waals surface area (Å²) in [6.45, 7) is 5.46. The Hall–Kier alpha value is -4.24. The van der Waals surface area contributed by atoms with E-state index in [-0.39, 0.29) is 16.3 Å². The number of nitrogens with one attached hydrogen (secondary N) is 1.